The summed E-state index contributed by atoms with van der Waals surface area (Å²) >= 11 is 17.5. The highest BCUT2D eigenvalue weighted by Crippen LogP contribution is 2.31. The fourth-order valence-electron chi connectivity index (χ4n) is 1.96. The molecule has 0 spiro atoms. The zero-order chi connectivity index (χ0) is 15.7. The molecule has 1 heterocycles. The van der Waals surface area contributed by atoms with E-state index in [2.05, 4.69) is 10.3 Å². The number of carbonyl (C=O) groups is 1. The Morgan fingerprint density at radius 1 is 1.18 bits per heavy atom. The molecular formula is C15H9Cl3N2O2. The summed E-state index contributed by atoms with van der Waals surface area (Å²) in [5.74, 6) is -0.0811. The molecular weight excluding hydrogens is 347 g/mol. The fraction of sp³-hybridized carbons (Fsp3) is 0.0667. The number of aromatic nitrogens is 1. The monoisotopic (exact) mass is 354 g/mol. The van der Waals surface area contributed by atoms with Crippen molar-refractivity contribution in [1.29, 1.82) is 0 Å². The Morgan fingerprint density at radius 3 is 2.77 bits per heavy atom. The predicted molar refractivity (Wildman–Crippen MR) is 88.8 cm³/mol. The Labute approximate surface area is 141 Å². The number of anilines is 1. The van der Waals surface area contributed by atoms with Crippen LogP contribution in [-0.4, -0.2) is 16.8 Å². The summed E-state index contributed by atoms with van der Waals surface area (Å²) in [6.07, 6.45) is 0. The minimum absolute atomic E-state index is 0.151. The molecule has 0 aliphatic heterocycles. The van der Waals surface area contributed by atoms with E-state index >= 15 is 0 Å². The number of alkyl halides is 1. The molecule has 7 heteroatoms. The molecule has 0 fully saturated rings. The lowest BCUT2D eigenvalue weighted by Crippen LogP contribution is -2.12. The lowest BCUT2D eigenvalue weighted by molar-refractivity contribution is -0.113. The first-order chi connectivity index (χ1) is 10.6. The van der Waals surface area contributed by atoms with E-state index in [-0.39, 0.29) is 11.8 Å². The number of fused-ring (bicyclic) bond motifs is 1. The van der Waals surface area contributed by atoms with Gasteiger partial charge in [-0.1, -0.05) is 23.2 Å². The van der Waals surface area contributed by atoms with Crippen molar-refractivity contribution in [2.45, 2.75) is 0 Å². The van der Waals surface area contributed by atoms with Crippen LogP contribution in [0.4, 0.5) is 5.69 Å². The number of hydrogen-bond acceptors (Lipinski definition) is 3. The van der Waals surface area contributed by atoms with Gasteiger partial charge in [0.1, 0.15) is 11.4 Å². The average Bonchev–Trinajstić information content (AvgIpc) is 2.92. The normalized spacial score (nSPS) is 10.9. The zero-order valence-electron chi connectivity index (χ0n) is 11.1. The Balaban J connectivity index is 2.02. The van der Waals surface area contributed by atoms with Crippen LogP contribution in [0.5, 0.6) is 0 Å². The van der Waals surface area contributed by atoms with Crippen molar-refractivity contribution in [3.8, 4) is 11.5 Å². The lowest BCUT2D eigenvalue weighted by atomic mass is 10.2. The highest BCUT2D eigenvalue weighted by atomic mass is 35.5. The minimum Gasteiger partial charge on any atom is -0.436 e. The molecule has 1 aromatic heterocycles. The van der Waals surface area contributed by atoms with Crippen LogP contribution in [0.25, 0.3) is 22.6 Å². The summed E-state index contributed by atoms with van der Waals surface area (Å²) in [4.78, 5) is 15.8. The summed E-state index contributed by atoms with van der Waals surface area (Å²) in [5.41, 5.74) is 2.41. The van der Waals surface area contributed by atoms with Gasteiger partial charge < -0.3 is 9.73 Å². The minimum atomic E-state index is -0.343. The van der Waals surface area contributed by atoms with Crippen LogP contribution < -0.4 is 5.32 Å². The van der Waals surface area contributed by atoms with Crippen LogP contribution >= 0.6 is 34.8 Å². The first kappa shape index (κ1) is 15.2. The Kier molecular flexibility index (Phi) is 4.25. The van der Waals surface area contributed by atoms with E-state index in [1.165, 1.54) is 0 Å². The van der Waals surface area contributed by atoms with Gasteiger partial charge in [-0.25, -0.2) is 4.98 Å². The molecule has 0 radical (unpaired) electrons. The molecule has 1 N–H and O–H groups in total. The molecule has 2 aromatic carbocycles. The maximum atomic E-state index is 11.4. The van der Waals surface area contributed by atoms with Crippen molar-refractivity contribution in [3.63, 3.8) is 0 Å². The lowest BCUT2D eigenvalue weighted by Gasteiger charge is -2.06. The van der Waals surface area contributed by atoms with E-state index in [0.29, 0.717) is 38.3 Å². The number of benzene rings is 2. The van der Waals surface area contributed by atoms with Gasteiger partial charge in [-0.3, -0.25) is 4.79 Å². The molecule has 0 bridgehead atoms. The number of amides is 1. The number of carbonyl (C=O) groups excluding carboxylic acids is 1. The van der Waals surface area contributed by atoms with Crippen molar-refractivity contribution in [3.05, 3.63) is 46.4 Å². The van der Waals surface area contributed by atoms with E-state index in [9.17, 15) is 4.79 Å². The van der Waals surface area contributed by atoms with E-state index in [0.717, 1.165) is 0 Å². The van der Waals surface area contributed by atoms with Gasteiger partial charge in [0, 0.05) is 10.6 Å². The maximum Gasteiger partial charge on any atom is 0.239 e. The van der Waals surface area contributed by atoms with Crippen LogP contribution in [0.15, 0.2) is 40.8 Å². The Morgan fingerprint density at radius 2 is 2.00 bits per heavy atom. The van der Waals surface area contributed by atoms with Crippen molar-refractivity contribution in [2.75, 3.05) is 11.2 Å². The third-order valence-corrected chi connectivity index (χ3v) is 3.77. The smallest absolute Gasteiger partial charge is 0.239 e. The second kappa shape index (κ2) is 6.16. The number of rotatable bonds is 3. The third kappa shape index (κ3) is 3.04. The van der Waals surface area contributed by atoms with Gasteiger partial charge >= 0.3 is 0 Å². The Bertz CT molecular complexity index is 861. The first-order valence-corrected chi connectivity index (χ1v) is 7.57. The second-order valence-electron chi connectivity index (χ2n) is 4.51. The van der Waals surface area contributed by atoms with E-state index in [1.807, 2.05) is 0 Å². The number of nitrogens with zero attached hydrogens (tertiary/aromatic N) is 1. The summed E-state index contributed by atoms with van der Waals surface area (Å²) in [7, 11) is 0. The number of hydrogen-bond donors (Lipinski definition) is 1. The largest absolute Gasteiger partial charge is 0.436 e. The molecule has 112 valence electrons. The van der Waals surface area contributed by atoms with Crippen LogP contribution in [0, 0.1) is 0 Å². The molecule has 0 atom stereocenters. The van der Waals surface area contributed by atoms with Gasteiger partial charge in [-0.05, 0) is 36.4 Å². The zero-order valence-corrected chi connectivity index (χ0v) is 13.3. The van der Waals surface area contributed by atoms with E-state index in [1.54, 1.807) is 36.4 Å². The molecule has 3 aromatic rings. The second-order valence-corrected chi connectivity index (χ2v) is 5.62. The maximum absolute atomic E-state index is 11.4. The van der Waals surface area contributed by atoms with Crippen LogP contribution in [-0.2, 0) is 4.79 Å². The highest BCUT2D eigenvalue weighted by Gasteiger charge is 2.12. The predicted octanol–water partition coefficient (Wildman–Crippen LogP) is 4.98. The number of halogens is 3. The molecule has 1 amide bonds. The van der Waals surface area contributed by atoms with E-state index < -0.39 is 0 Å². The van der Waals surface area contributed by atoms with Crippen molar-refractivity contribution in [1.82, 2.24) is 4.98 Å². The first-order valence-electron chi connectivity index (χ1n) is 6.28. The highest BCUT2D eigenvalue weighted by molar-refractivity contribution is 6.35. The summed E-state index contributed by atoms with van der Waals surface area (Å²) in [6.45, 7) is 0. The van der Waals surface area contributed by atoms with Crippen molar-refractivity contribution < 1.29 is 9.21 Å². The van der Waals surface area contributed by atoms with Gasteiger partial charge in [0.2, 0.25) is 11.8 Å². The fourth-order valence-corrected chi connectivity index (χ4v) is 2.36. The van der Waals surface area contributed by atoms with Crippen molar-refractivity contribution in [2.24, 2.45) is 0 Å². The van der Waals surface area contributed by atoms with Gasteiger partial charge in [-0.2, -0.15) is 0 Å². The summed E-state index contributed by atoms with van der Waals surface area (Å²) in [6, 6.07) is 10.3. The molecule has 0 aliphatic carbocycles. The molecule has 0 unspecified atom stereocenters. The molecule has 3 rings (SSSR count). The molecule has 0 aliphatic rings. The van der Waals surface area contributed by atoms with Gasteiger partial charge in [0.25, 0.3) is 0 Å². The average molecular weight is 356 g/mol. The van der Waals surface area contributed by atoms with Crippen molar-refractivity contribution >= 4 is 57.5 Å². The Hall–Kier alpha value is -1.75. The number of nitrogens with one attached hydrogen (secondary N) is 1. The van der Waals surface area contributed by atoms with Crippen LogP contribution in [0.1, 0.15) is 0 Å². The molecule has 0 saturated carbocycles. The number of oxazole rings is 1. The quantitative estimate of drug-likeness (QED) is 0.674. The summed E-state index contributed by atoms with van der Waals surface area (Å²) < 4.78 is 5.68. The third-order valence-electron chi connectivity index (χ3n) is 2.96. The van der Waals surface area contributed by atoms with Gasteiger partial charge in [0.15, 0.2) is 5.58 Å². The van der Waals surface area contributed by atoms with Crippen LogP contribution in [0.3, 0.4) is 0 Å². The molecule has 4 nitrogen and oxygen atoms in total. The summed E-state index contributed by atoms with van der Waals surface area (Å²) in [5, 5.41) is 3.61. The van der Waals surface area contributed by atoms with Crippen LogP contribution in [0.2, 0.25) is 10.0 Å². The SMILES string of the molecule is O=C(CCl)Nc1cc(-c2nc3cc(Cl)ccc3o2)ccc1Cl. The molecule has 0 saturated heterocycles. The topological polar surface area (TPSA) is 55.1 Å². The van der Waals surface area contributed by atoms with E-state index in [4.69, 9.17) is 39.2 Å². The van der Waals surface area contributed by atoms with Gasteiger partial charge in [0.05, 0.1) is 10.7 Å². The molecule has 22 heavy (non-hydrogen) atoms. The van der Waals surface area contributed by atoms with Gasteiger partial charge in [-0.15, -0.1) is 11.6 Å². The standard InChI is InChI=1S/C15H9Cl3N2O2/c16-7-14(21)19-11-5-8(1-3-10(11)18)15-20-12-6-9(17)2-4-13(12)22-15/h1-6H,7H2,(H,19,21).